The molecule has 0 bridgehead atoms. The molecule has 0 fully saturated rings. The largest absolute Gasteiger partial charge is 0.490 e. The third-order valence-electron chi connectivity index (χ3n) is 4.81. The number of nitrogens with one attached hydrogen (secondary N) is 1. The Hall–Kier alpha value is -3.44. The second-order valence-corrected chi connectivity index (χ2v) is 10.5. The van der Waals surface area contributed by atoms with Crippen molar-refractivity contribution in [3.05, 3.63) is 70.6 Å². The van der Waals surface area contributed by atoms with Gasteiger partial charge in [0.05, 0.1) is 11.4 Å². The van der Waals surface area contributed by atoms with E-state index in [9.17, 15) is 27.1 Å². The van der Waals surface area contributed by atoms with Gasteiger partial charge in [0.1, 0.15) is 23.9 Å². The molecule has 0 aliphatic carbocycles. The summed E-state index contributed by atoms with van der Waals surface area (Å²) in [5, 5.41) is 10.1. The topological polar surface area (TPSA) is 107 Å². The molecule has 0 radical (unpaired) electrons. The maximum atomic E-state index is 14.3. The first kappa shape index (κ1) is 26.2. The predicted molar refractivity (Wildman–Crippen MR) is 128 cm³/mol. The number of nitrogens with zero attached hydrogens (tertiary/aromatic N) is 1. The minimum Gasteiger partial charge on any atom is -0.490 e. The summed E-state index contributed by atoms with van der Waals surface area (Å²) in [7, 11) is -2.11. The number of hydrogen-bond acceptors (Lipinski definition) is 6. The van der Waals surface area contributed by atoms with Gasteiger partial charge >= 0.3 is 0 Å². The summed E-state index contributed by atoms with van der Waals surface area (Å²) in [5.74, 6) is -1.97. The fraction of sp³-hybridized carbons (Fsp3) is 0.292. The molecule has 1 heterocycles. The molecule has 1 aromatic heterocycles. The molecule has 0 aliphatic heterocycles. The van der Waals surface area contributed by atoms with Crippen LogP contribution < -0.4 is 19.8 Å². The second kappa shape index (κ2) is 10.0. The fourth-order valence-electron chi connectivity index (χ4n) is 3.01. The number of benzene rings is 2. The molecule has 0 saturated carbocycles. The van der Waals surface area contributed by atoms with E-state index in [2.05, 4.69) is 4.72 Å². The van der Waals surface area contributed by atoms with Gasteiger partial charge < -0.3 is 19.1 Å². The number of rotatable bonds is 9. The van der Waals surface area contributed by atoms with Gasteiger partial charge in [0.2, 0.25) is 10.0 Å². The van der Waals surface area contributed by atoms with E-state index in [-0.39, 0.29) is 40.9 Å². The van der Waals surface area contributed by atoms with Crippen LogP contribution in [0.3, 0.4) is 0 Å². The predicted octanol–water partition coefficient (Wildman–Crippen LogP) is 4.03. The van der Waals surface area contributed by atoms with Crippen LogP contribution in [0.5, 0.6) is 17.2 Å². The van der Waals surface area contributed by atoms with Gasteiger partial charge in [-0.2, -0.15) is 0 Å². The van der Waals surface area contributed by atoms with Crippen molar-refractivity contribution in [2.75, 3.05) is 17.1 Å². The van der Waals surface area contributed by atoms with Crippen LogP contribution >= 0.6 is 0 Å². The average Bonchev–Trinajstić information content (AvgIpc) is 2.76. The van der Waals surface area contributed by atoms with E-state index in [0.29, 0.717) is 11.6 Å². The van der Waals surface area contributed by atoms with Gasteiger partial charge in [-0.05, 0) is 51.1 Å². The highest BCUT2D eigenvalue weighted by atomic mass is 32.2. The monoisotopic (exact) mass is 508 g/mol. The zero-order valence-electron chi connectivity index (χ0n) is 19.6. The number of sulfonamides is 1. The van der Waals surface area contributed by atoms with Crippen LogP contribution in [-0.2, 0) is 17.1 Å². The Kier molecular flexibility index (Phi) is 7.51. The lowest BCUT2D eigenvalue weighted by Crippen LogP contribution is -2.28. The van der Waals surface area contributed by atoms with Crippen LogP contribution in [0.4, 0.5) is 14.5 Å². The molecule has 0 saturated heterocycles. The molecule has 0 atom stereocenters. The van der Waals surface area contributed by atoms with Crippen molar-refractivity contribution in [1.82, 2.24) is 4.57 Å². The summed E-state index contributed by atoms with van der Waals surface area (Å²) in [5.41, 5.74) is -0.851. The Morgan fingerprint density at radius 1 is 1.03 bits per heavy atom. The quantitative estimate of drug-likeness (QED) is 0.452. The molecular formula is C24H26F2N2O6S. The Morgan fingerprint density at radius 2 is 1.71 bits per heavy atom. The van der Waals surface area contributed by atoms with Gasteiger partial charge in [0.25, 0.3) is 5.56 Å². The SMILES string of the molecule is CCS(=O)(=O)Nc1ccc(Oc2ccc(F)cc2F)c(-c2cn(C)c(=O)cc2OCC(C)(C)O)c1. The number of hydrogen-bond donors (Lipinski definition) is 2. The summed E-state index contributed by atoms with van der Waals surface area (Å²) in [4.78, 5) is 12.3. The Balaban J connectivity index is 2.20. The number of anilines is 1. The molecular weight excluding hydrogens is 482 g/mol. The molecule has 8 nitrogen and oxygen atoms in total. The molecule has 0 unspecified atom stereocenters. The van der Waals surface area contributed by atoms with E-state index < -0.39 is 32.8 Å². The molecule has 35 heavy (non-hydrogen) atoms. The summed E-state index contributed by atoms with van der Waals surface area (Å²) < 4.78 is 67.1. The molecule has 0 aliphatic rings. The van der Waals surface area contributed by atoms with Crippen molar-refractivity contribution in [3.63, 3.8) is 0 Å². The van der Waals surface area contributed by atoms with E-state index in [0.717, 1.165) is 12.1 Å². The zero-order valence-corrected chi connectivity index (χ0v) is 20.4. The minimum atomic E-state index is -3.62. The van der Waals surface area contributed by atoms with Crippen LogP contribution in [0.15, 0.2) is 53.5 Å². The maximum Gasteiger partial charge on any atom is 0.254 e. The molecule has 3 aromatic rings. The zero-order chi connectivity index (χ0) is 26.0. The first-order valence-corrected chi connectivity index (χ1v) is 12.3. The van der Waals surface area contributed by atoms with Crippen molar-refractivity contribution >= 4 is 15.7 Å². The van der Waals surface area contributed by atoms with Crippen LogP contribution in [0.2, 0.25) is 0 Å². The number of aromatic nitrogens is 1. The van der Waals surface area contributed by atoms with Crippen molar-refractivity contribution in [2.24, 2.45) is 7.05 Å². The lowest BCUT2D eigenvalue weighted by atomic mass is 10.0. The van der Waals surface area contributed by atoms with Crippen molar-refractivity contribution in [1.29, 1.82) is 0 Å². The Bertz CT molecular complexity index is 1400. The lowest BCUT2D eigenvalue weighted by Gasteiger charge is -2.21. The molecule has 188 valence electrons. The van der Waals surface area contributed by atoms with Gasteiger partial charge in [-0.1, -0.05) is 0 Å². The van der Waals surface area contributed by atoms with E-state index in [1.54, 1.807) is 0 Å². The van der Waals surface area contributed by atoms with E-state index >= 15 is 0 Å². The van der Waals surface area contributed by atoms with Crippen LogP contribution in [0, 0.1) is 11.6 Å². The molecule has 11 heteroatoms. The number of ether oxygens (including phenoxy) is 2. The summed E-state index contributed by atoms with van der Waals surface area (Å²) in [6, 6.07) is 8.32. The third kappa shape index (κ3) is 6.80. The first-order chi connectivity index (χ1) is 16.3. The minimum absolute atomic E-state index is 0.0849. The van der Waals surface area contributed by atoms with E-state index in [1.165, 1.54) is 62.8 Å². The number of aliphatic hydroxyl groups is 1. The van der Waals surface area contributed by atoms with Crippen LogP contribution in [0.1, 0.15) is 20.8 Å². The Labute approximate surface area is 201 Å². The van der Waals surface area contributed by atoms with Crippen molar-refractivity contribution in [2.45, 2.75) is 26.4 Å². The molecule has 3 rings (SSSR count). The highest BCUT2D eigenvalue weighted by molar-refractivity contribution is 7.92. The first-order valence-electron chi connectivity index (χ1n) is 10.6. The van der Waals surface area contributed by atoms with Crippen molar-refractivity contribution in [3.8, 4) is 28.4 Å². The van der Waals surface area contributed by atoms with Gasteiger partial charge in [-0.15, -0.1) is 0 Å². The van der Waals surface area contributed by atoms with Crippen molar-refractivity contribution < 1.29 is 31.8 Å². The lowest BCUT2D eigenvalue weighted by molar-refractivity contribution is 0.0286. The number of pyridine rings is 1. The molecule has 0 amide bonds. The van der Waals surface area contributed by atoms with Crippen LogP contribution in [-0.4, -0.2) is 36.1 Å². The number of halogens is 2. The third-order valence-corrected chi connectivity index (χ3v) is 6.12. The molecule has 2 aromatic carbocycles. The van der Waals surface area contributed by atoms with E-state index in [1.807, 2.05) is 0 Å². The summed E-state index contributed by atoms with van der Waals surface area (Å²) in [6.07, 6.45) is 1.45. The normalized spacial score (nSPS) is 11.9. The highest BCUT2D eigenvalue weighted by Crippen LogP contribution is 2.40. The standard InChI is InChI=1S/C24H26F2N2O6S/c1-5-35(31,32)27-16-7-9-20(34-21-8-6-15(25)10-19(21)26)17(11-16)18-13-28(4)23(29)12-22(18)33-14-24(2,3)30/h6-13,27,30H,5,14H2,1-4H3. The Morgan fingerprint density at radius 3 is 2.34 bits per heavy atom. The second-order valence-electron chi connectivity index (χ2n) is 8.49. The highest BCUT2D eigenvalue weighted by Gasteiger charge is 2.20. The molecule has 2 N–H and O–H groups in total. The van der Waals surface area contributed by atoms with Gasteiger partial charge in [-0.3, -0.25) is 9.52 Å². The summed E-state index contributed by atoms with van der Waals surface area (Å²) in [6.45, 7) is 4.38. The average molecular weight is 509 g/mol. The maximum absolute atomic E-state index is 14.3. The van der Waals surface area contributed by atoms with Gasteiger partial charge in [-0.25, -0.2) is 17.2 Å². The van der Waals surface area contributed by atoms with E-state index in [4.69, 9.17) is 9.47 Å². The van der Waals surface area contributed by atoms with Gasteiger partial charge in [0, 0.05) is 42.2 Å². The van der Waals surface area contributed by atoms with Crippen LogP contribution in [0.25, 0.3) is 11.1 Å². The van der Waals surface area contributed by atoms with Gasteiger partial charge in [0.15, 0.2) is 11.6 Å². The fourth-order valence-corrected chi connectivity index (χ4v) is 3.64. The number of aryl methyl sites for hydroxylation is 1. The molecule has 0 spiro atoms. The summed E-state index contributed by atoms with van der Waals surface area (Å²) >= 11 is 0. The smallest absolute Gasteiger partial charge is 0.254 e.